The number of para-hydroxylation sites is 2. The van der Waals surface area contributed by atoms with E-state index in [0.29, 0.717) is 13.0 Å². The van der Waals surface area contributed by atoms with Crippen LogP contribution in [0.5, 0.6) is 5.75 Å². The molecule has 5 nitrogen and oxygen atoms in total. The van der Waals surface area contributed by atoms with E-state index in [0.717, 1.165) is 29.8 Å². The number of amidine groups is 1. The predicted molar refractivity (Wildman–Crippen MR) is 94.4 cm³/mol. The summed E-state index contributed by atoms with van der Waals surface area (Å²) in [5.41, 5.74) is 7.05. The summed E-state index contributed by atoms with van der Waals surface area (Å²) < 4.78 is 5.96. The van der Waals surface area contributed by atoms with E-state index in [9.17, 15) is 4.79 Å². The van der Waals surface area contributed by atoms with Gasteiger partial charge in [-0.2, -0.15) is 0 Å². The fraction of sp³-hybridized carbons (Fsp3) is 0.263. The van der Waals surface area contributed by atoms with Gasteiger partial charge in [-0.3, -0.25) is 10.2 Å². The Morgan fingerprint density at radius 1 is 1.08 bits per heavy atom. The molecule has 1 atom stereocenters. The SMILES string of the molecule is N=C(N)CCCCN1C(=O)C(c2ccccc2)Oc2ccccc21. The van der Waals surface area contributed by atoms with Crippen LogP contribution in [0.3, 0.4) is 0 Å². The second-order valence-corrected chi connectivity index (χ2v) is 5.85. The molecule has 3 rings (SSSR count). The molecule has 5 heteroatoms. The van der Waals surface area contributed by atoms with E-state index in [-0.39, 0.29) is 11.7 Å². The average Bonchev–Trinajstić information content (AvgIpc) is 2.60. The maximum atomic E-state index is 13.0. The Labute approximate surface area is 141 Å². The van der Waals surface area contributed by atoms with E-state index in [1.165, 1.54) is 0 Å². The Bertz CT molecular complexity index is 730. The first-order valence-electron chi connectivity index (χ1n) is 8.12. The monoisotopic (exact) mass is 323 g/mol. The number of ether oxygens (including phenoxy) is 1. The molecule has 0 saturated heterocycles. The van der Waals surface area contributed by atoms with Gasteiger partial charge in [0.2, 0.25) is 6.10 Å². The topological polar surface area (TPSA) is 79.4 Å². The minimum absolute atomic E-state index is 0.0530. The summed E-state index contributed by atoms with van der Waals surface area (Å²) in [6.07, 6.45) is 1.52. The zero-order valence-electron chi connectivity index (χ0n) is 13.4. The van der Waals surface area contributed by atoms with Crippen molar-refractivity contribution in [2.75, 3.05) is 11.4 Å². The molecular weight excluding hydrogens is 302 g/mol. The highest BCUT2D eigenvalue weighted by molar-refractivity contribution is 6.00. The lowest BCUT2D eigenvalue weighted by Crippen LogP contribution is -2.41. The lowest BCUT2D eigenvalue weighted by Gasteiger charge is -2.34. The second-order valence-electron chi connectivity index (χ2n) is 5.85. The normalized spacial score (nSPS) is 16.4. The van der Waals surface area contributed by atoms with Crippen molar-refractivity contribution in [3.05, 3.63) is 60.2 Å². The highest BCUT2D eigenvalue weighted by Crippen LogP contribution is 2.38. The number of carbonyl (C=O) groups excluding carboxylic acids is 1. The highest BCUT2D eigenvalue weighted by atomic mass is 16.5. The number of rotatable bonds is 6. The minimum Gasteiger partial charge on any atom is -0.474 e. The number of carbonyl (C=O) groups is 1. The molecule has 1 aliphatic rings. The van der Waals surface area contributed by atoms with E-state index >= 15 is 0 Å². The Kier molecular flexibility index (Phi) is 4.79. The van der Waals surface area contributed by atoms with Crippen molar-refractivity contribution in [2.45, 2.75) is 25.4 Å². The molecule has 3 N–H and O–H groups in total. The molecular formula is C19H21N3O2. The number of hydrogen-bond donors (Lipinski definition) is 2. The van der Waals surface area contributed by atoms with Gasteiger partial charge in [0, 0.05) is 18.5 Å². The molecule has 0 fully saturated rings. The molecule has 1 unspecified atom stereocenters. The third kappa shape index (κ3) is 3.40. The summed E-state index contributed by atoms with van der Waals surface area (Å²) in [5, 5.41) is 7.30. The van der Waals surface area contributed by atoms with Gasteiger partial charge in [0.1, 0.15) is 5.75 Å². The molecule has 0 aromatic heterocycles. The molecule has 0 spiro atoms. The van der Waals surface area contributed by atoms with Gasteiger partial charge in [-0.1, -0.05) is 42.5 Å². The Morgan fingerprint density at radius 3 is 2.54 bits per heavy atom. The van der Waals surface area contributed by atoms with Gasteiger partial charge in [-0.15, -0.1) is 0 Å². The number of amides is 1. The smallest absolute Gasteiger partial charge is 0.272 e. The van der Waals surface area contributed by atoms with Gasteiger partial charge in [0.25, 0.3) is 5.91 Å². The van der Waals surface area contributed by atoms with Crippen LogP contribution in [-0.2, 0) is 4.79 Å². The van der Waals surface area contributed by atoms with Crippen LogP contribution in [-0.4, -0.2) is 18.3 Å². The maximum Gasteiger partial charge on any atom is 0.272 e. The van der Waals surface area contributed by atoms with Crippen molar-refractivity contribution in [2.24, 2.45) is 5.73 Å². The first-order chi connectivity index (χ1) is 11.7. The summed E-state index contributed by atoms with van der Waals surface area (Å²) >= 11 is 0. The van der Waals surface area contributed by atoms with Crippen LogP contribution >= 0.6 is 0 Å². The third-order valence-electron chi connectivity index (χ3n) is 4.07. The van der Waals surface area contributed by atoms with Gasteiger partial charge < -0.3 is 15.4 Å². The minimum atomic E-state index is -0.617. The molecule has 0 saturated carbocycles. The third-order valence-corrected chi connectivity index (χ3v) is 4.07. The molecule has 0 bridgehead atoms. The van der Waals surface area contributed by atoms with Gasteiger partial charge in [-0.05, 0) is 25.0 Å². The quantitative estimate of drug-likeness (QED) is 0.486. The summed E-state index contributed by atoms with van der Waals surface area (Å²) in [7, 11) is 0. The van der Waals surface area contributed by atoms with E-state index in [1.807, 2.05) is 54.6 Å². The highest BCUT2D eigenvalue weighted by Gasteiger charge is 2.34. The van der Waals surface area contributed by atoms with Crippen LogP contribution in [0, 0.1) is 5.41 Å². The van der Waals surface area contributed by atoms with Crippen LogP contribution in [0.4, 0.5) is 5.69 Å². The van der Waals surface area contributed by atoms with Crippen LogP contribution < -0.4 is 15.4 Å². The van der Waals surface area contributed by atoms with E-state index in [4.69, 9.17) is 15.9 Å². The van der Waals surface area contributed by atoms with Crippen LogP contribution in [0.2, 0.25) is 0 Å². The zero-order chi connectivity index (χ0) is 16.9. The lowest BCUT2D eigenvalue weighted by molar-refractivity contribution is -0.126. The molecule has 124 valence electrons. The number of nitrogens with one attached hydrogen (secondary N) is 1. The standard InChI is InChI=1S/C19H21N3O2/c20-17(21)12-6-7-13-22-15-10-4-5-11-16(15)24-18(19(22)23)14-8-2-1-3-9-14/h1-5,8-11,18H,6-7,12-13H2,(H3,20,21). The van der Waals surface area contributed by atoms with E-state index in [1.54, 1.807) is 4.90 Å². The largest absolute Gasteiger partial charge is 0.474 e. The molecule has 0 radical (unpaired) electrons. The van der Waals surface area contributed by atoms with Crippen LogP contribution in [0.1, 0.15) is 30.9 Å². The number of hydrogen-bond acceptors (Lipinski definition) is 3. The Morgan fingerprint density at radius 2 is 1.79 bits per heavy atom. The predicted octanol–water partition coefficient (Wildman–Crippen LogP) is 3.26. The Hall–Kier alpha value is -2.82. The molecule has 2 aromatic rings. The molecule has 1 amide bonds. The van der Waals surface area contributed by atoms with Crippen molar-refractivity contribution < 1.29 is 9.53 Å². The molecule has 1 heterocycles. The fourth-order valence-electron chi connectivity index (χ4n) is 2.87. The fourth-order valence-corrected chi connectivity index (χ4v) is 2.87. The number of nitrogens with two attached hydrogens (primary N) is 1. The van der Waals surface area contributed by atoms with E-state index in [2.05, 4.69) is 0 Å². The number of unbranched alkanes of at least 4 members (excludes halogenated alkanes) is 1. The van der Waals surface area contributed by atoms with Crippen LogP contribution in [0.25, 0.3) is 0 Å². The molecule has 24 heavy (non-hydrogen) atoms. The molecule has 2 aromatic carbocycles. The first-order valence-corrected chi connectivity index (χ1v) is 8.12. The number of fused-ring (bicyclic) bond motifs is 1. The van der Waals surface area contributed by atoms with Crippen molar-refractivity contribution in [3.63, 3.8) is 0 Å². The first kappa shape index (κ1) is 16.1. The Balaban J connectivity index is 1.82. The summed E-state index contributed by atoms with van der Waals surface area (Å²) in [6, 6.07) is 17.2. The van der Waals surface area contributed by atoms with Crippen molar-refractivity contribution >= 4 is 17.4 Å². The van der Waals surface area contributed by atoms with Gasteiger partial charge in [0.15, 0.2) is 0 Å². The van der Waals surface area contributed by atoms with Crippen LogP contribution in [0.15, 0.2) is 54.6 Å². The van der Waals surface area contributed by atoms with Gasteiger partial charge >= 0.3 is 0 Å². The number of benzene rings is 2. The van der Waals surface area contributed by atoms with Crippen molar-refractivity contribution in [1.82, 2.24) is 0 Å². The zero-order valence-corrected chi connectivity index (χ0v) is 13.4. The summed E-state index contributed by atoms with van der Waals surface area (Å²) in [6.45, 7) is 0.593. The number of anilines is 1. The van der Waals surface area contributed by atoms with Gasteiger partial charge in [-0.25, -0.2) is 0 Å². The van der Waals surface area contributed by atoms with Gasteiger partial charge in [0.05, 0.1) is 11.5 Å². The summed E-state index contributed by atoms with van der Waals surface area (Å²) in [5.74, 6) is 0.853. The summed E-state index contributed by atoms with van der Waals surface area (Å²) in [4.78, 5) is 14.7. The van der Waals surface area contributed by atoms with E-state index < -0.39 is 6.10 Å². The van der Waals surface area contributed by atoms with Crippen molar-refractivity contribution in [3.8, 4) is 5.75 Å². The molecule has 1 aliphatic heterocycles. The second kappa shape index (κ2) is 7.17. The number of nitrogens with zero attached hydrogens (tertiary/aromatic N) is 1. The van der Waals surface area contributed by atoms with Crippen molar-refractivity contribution in [1.29, 1.82) is 5.41 Å². The average molecular weight is 323 g/mol. The lowest BCUT2D eigenvalue weighted by atomic mass is 10.0. The molecule has 0 aliphatic carbocycles. The maximum absolute atomic E-state index is 13.0.